The number of benzene rings is 1. The van der Waals surface area contributed by atoms with Gasteiger partial charge in [-0.2, -0.15) is 10.4 Å². The molecule has 0 fully saturated rings. The van der Waals surface area contributed by atoms with E-state index in [1.54, 1.807) is 6.08 Å². The van der Waals surface area contributed by atoms with Crippen molar-refractivity contribution >= 4 is 45.2 Å². The van der Waals surface area contributed by atoms with Gasteiger partial charge in [0.25, 0.3) is 0 Å². The molecule has 1 aromatic carbocycles. The van der Waals surface area contributed by atoms with Crippen LogP contribution in [-0.4, -0.2) is 16.1 Å². The van der Waals surface area contributed by atoms with E-state index in [1.807, 2.05) is 6.07 Å². The molecule has 23 heavy (non-hydrogen) atoms. The molecule has 1 heterocycles. The second kappa shape index (κ2) is 6.83. The van der Waals surface area contributed by atoms with Crippen molar-refractivity contribution in [1.82, 2.24) is 9.78 Å². The fraction of sp³-hybridized carbons (Fsp3) is 0.0769. The zero-order valence-corrected chi connectivity index (χ0v) is 14.0. The number of aromatic nitrogens is 2. The summed E-state index contributed by atoms with van der Waals surface area (Å²) in [4.78, 5) is 1.53. The van der Waals surface area contributed by atoms with E-state index in [0.29, 0.717) is 5.56 Å². The van der Waals surface area contributed by atoms with Gasteiger partial charge >= 0.3 is 6.36 Å². The number of ether oxygens (including phenoxy) is 1. The third-order valence-electron chi connectivity index (χ3n) is 2.54. The molecule has 2 rings (SSSR count). The lowest BCUT2D eigenvalue weighted by Crippen LogP contribution is -2.17. The average molecular weight is 427 g/mol. The van der Waals surface area contributed by atoms with E-state index in [2.05, 4.69) is 25.8 Å². The zero-order valence-electron chi connectivity index (χ0n) is 10.9. The Balaban J connectivity index is 2.51. The maximum absolute atomic E-state index is 12.2. The van der Waals surface area contributed by atoms with Gasteiger partial charge in [-0.15, -0.1) is 13.2 Å². The molecule has 0 spiro atoms. The fourth-order valence-corrected chi connectivity index (χ4v) is 2.66. The summed E-state index contributed by atoms with van der Waals surface area (Å²) >= 11 is 15.0. The second-order valence-electron chi connectivity index (χ2n) is 4.07. The van der Waals surface area contributed by atoms with Crippen molar-refractivity contribution in [3.05, 3.63) is 44.6 Å². The molecule has 4 nitrogen and oxygen atoms in total. The topological polar surface area (TPSA) is 50.8 Å². The van der Waals surface area contributed by atoms with E-state index in [1.165, 1.54) is 15.9 Å². The Kier molecular flexibility index (Phi) is 5.24. The zero-order chi connectivity index (χ0) is 17.2. The molecule has 1 aromatic heterocycles. The van der Waals surface area contributed by atoms with Gasteiger partial charge in [0, 0.05) is 23.9 Å². The van der Waals surface area contributed by atoms with Gasteiger partial charge in [0.05, 0.1) is 10.0 Å². The maximum Gasteiger partial charge on any atom is 0.573 e. The van der Waals surface area contributed by atoms with Crippen LogP contribution in [0.2, 0.25) is 10.0 Å². The maximum atomic E-state index is 12.2. The number of alkyl halides is 3. The van der Waals surface area contributed by atoms with Crippen LogP contribution in [0.1, 0.15) is 11.3 Å². The van der Waals surface area contributed by atoms with Crippen LogP contribution in [-0.2, 0) is 0 Å². The van der Waals surface area contributed by atoms with E-state index in [9.17, 15) is 13.2 Å². The van der Waals surface area contributed by atoms with E-state index >= 15 is 0 Å². The summed E-state index contributed by atoms with van der Waals surface area (Å²) < 4.78 is 41.7. The lowest BCUT2D eigenvalue weighted by molar-refractivity contribution is -0.274. The number of nitrogens with zero attached hydrogens (tertiary/aromatic N) is 3. The molecule has 0 saturated heterocycles. The van der Waals surface area contributed by atoms with E-state index in [-0.39, 0.29) is 21.4 Å². The summed E-state index contributed by atoms with van der Waals surface area (Å²) in [5, 5.41) is 12.8. The molecule has 0 aliphatic carbocycles. The Morgan fingerprint density at radius 3 is 2.39 bits per heavy atom. The van der Waals surface area contributed by atoms with Gasteiger partial charge in [0.1, 0.15) is 17.5 Å². The molecular formula is C13H5BrCl2F3N3O. The predicted molar refractivity (Wildman–Crippen MR) is 82.9 cm³/mol. The molecule has 2 aromatic rings. The Morgan fingerprint density at radius 1 is 1.30 bits per heavy atom. The van der Waals surface area contributed by atoms with Gasteiger partial charge in [-0.25, -0.2) is 4.68 Å². The first-order valence-electron chi connectivity index (χ1n) is 5.77. The first-order chi connectivity index (χ1) is 10.7. The van der Waals surface area contributed by atoms with Crippen LogP contribution in [0.5, 0.6) is 5.75 Å². The SMILES string of the molecule is N#Cc1nn(-c2c(Cl)cc(OC(F)(F)F)cc2Cl)cc1C=CBr. The first-order valence-corrected chi connectivity index (χ1v) is 7.44. The fourth-order valence-electron chi connectivity index (χ4n) is 1.73. The summed E-state index contributed by atoms with van der Waals surface area (Å²) in [5.74, 6) is -0.551. The Morgan fingerprint density at radius 2 is 1.91 bits per heavy atom. The predicted octanol–water partition coefficient (Wildman–Crippen LogP) is 5.31. The smallest absolute Gasteiger partial charge is 0.406 e. The van der Waals surface area contributed by atoms with Gasteiger partial charge in [0.2, 0.25) is 0 Å². The molecule has 0 aliphatic rings. The number of halogens is 6. The number of rotatable bonds is 3. The minimum absolute atomic E-state index is 0.100. The van der Waals surface area contributed by atoms with Crippen molar-refractivity contribution in [2.24, 2.45) is 0 Å². The van der Waals surface area contributed by atoms with Crippen LogP contribution in [0.15, 0.2) is 23.3 Å². The van der Waals surface area contributed by atoms with Crippen LogP contribution >= 0.6 is 39.1 Å². The van der Waals surface area contributed by atoms with Crippen molar-refractivity contribution in [2.75, 3.05) is 0 Å². The molecule has 0 unspecified atom stereocenters. The molecular weight excluding hydrogens is 422 g/mol. The minimum Gasteiger partial charge on any atom is -0.406 e. The van der Waals surface area contributed by atoms with Gasteiger partial charge in [-0.1, -0.05) is 39.1 Å². The normalized spacial score (nSPS) is 11.7. The lowest BCUT2D eigenvalue weighted by atomic mass is 10.2. The van der Waals surface area contributed by atoms with E-state index in [4.69, 9.17) is 28.5 Å². The highest BCUT2D eigenvalue weighted by Crippen LogP contribution is 2.35. The van der Waals surface area contributed by atoms with E-state index < -0.39 is 12.1 Å². The highest BCUT2D eigenvalue weighted by Gasteiger charge is 2.31. The van der Waals surface area contributed by atoms with Gasteiger partial charge in [-0.05, 0) is 11.1 Å². The van der Waals surface area contributed by atoms with Crippen LogP contribution in [0.3, 0.4) is 0 Å². The quantitative estimate of drug-likeness (QED) is 0.667. The third-order valence-corrected chi connectivity index (χ3v) is 3.38. The summed E-state index contributed by atoms with van der Waals surface area (Å²) in [6.45, 7) is 0. The largest absolute Gasteiger partial charge is 0.573 e. The monoisotopic (exact) mass is 425 g/mol. The molecule has 0 atom stereocenters. The Hall–Kier alpha value is -1.69. The average Bonchev–Trinajstić information content (AvgIpc) is 2.79. The second-order valence-corrected chi connectivity index (χ2v) is 5.41. The third kappa shape index (κ3) is 4.19. The molecule has 0 amide bonds. The minimum atomic E-state index is -4.86. The van der Waals surface area contributed by atoms with Crippen LogP contribution in [0.4, 0.5) is 13.2 Å². The molecule has 120 valence electrons. The van der Waals surface area contributed by atoms with Crippen LogP contribution in [0, 0.1) is 11.3 Å². The van der Waals surface area contributed by atoms with E-state index in [0.717, 1.165) is 12.1 Å². The summed E-state index contributed by atoms with van der Waals surface area (Å²) in [5.41, 5.74) is 0.712. The highest BCUT2D eigenvalue weighted by atomic mass is 79.9. The van der Waals surface area contributed by atoms with Crippen LogP contribution < -0.4 is 4.74 Å². The summed E-state index contributed by atoms with van der Waals surface area (Å²) in [7, 11) is 0. The Bertz CT molecular complexity index is 789. The lowest BCUT2D eigenvalue weighted by Gasteiger charge is -2.12. The molecule has 0 radical (unpaired) electrons. The van der Waals surface area contributed by atoms with Gasteiger partial charge in [-0.3, -0.25) is 0 Å². The number of hydrogen-bond acceptors (Lipinski definition) is 3. The van der Waals surface area contributed by atoms with Gasteiger partial charge < -0.3 is 4.74 Å². The standard InChI is InChI=1S/C13H5BrCl2F3N3O/c14-2-1-7-6-22(21-11(7)5-20)12-9(15)3-8(4-10(12)16)23-13(17,18)19/h1-4,6H. The summed E-state index contributed by atoms with van der Waals surface area (Å²) in [6, 6.07) is 3.81. The highest BCUT2D eigenvalue weighted by molar-refractivity contribution is 9.11. The molecule has 0 aliphatic heterocycles. The molecule has 0 saturated carbocycles. The number of nitriles is 1. The van der Waals surface area contributed by atoms with Crippen molar-refractivity contribution in [3.63, 3.8) is 0 Å². The van der Waals surface area contributed by atoms with Crippen LogP contribution in [0.25, 0.3) is 11.8 Å². The van der Waals surface area contributed by atoms with Gasteiger partial charge in [0.15, 0.2) is 5.69 Å². The van der Waals surface area contributed by atoms with Crippen molar-refractivity contribution < 1.29 is 17.9 Å². The summed E-state index contributed by atoms with van der Waals surface area (Å²) in [6.07, 6.45) is -1.82. The molecule has 10 heteroatoms. The van der Waals surface area contributed by atoms with Crippen molar-refractivity contribution in [1.29, 1.82) is 5.26 Å². The van der Waals surface area contributed by atoms with Crippen molar-refractivity contribution in [2.45, 2.75) is 6.36 Å². The molecule has 0 N–H and O–H groups in total. The number of hydrogen-bond donors (Lipinski definition) is 0. The molecule has 0 bridgehead atoms. The first kappa shape index (κ1) is 17.7. The van der Waals surface area contributed by atoms with Crippen molar-refractivity contribution in [3.8, 4) is 17.5 Å². The Labute approximate surface area is 146 Å².